The first-order valence-corrected chi connectivity index (χ1v) is 6.66. The third-order valence-corrected chi connectivity index (χ3v) is 3.42. The van der Waals surface area contributed by atoms with Gasteiger partial charge in [0.25, 0.3) is 0 Å². The maximum atomic E-state index is 11.4. The van der Waals surface area contributed by atoms with Crippen molar-refractivity contribution >= 4 is 30.0 Å². The molecule has 0 aliphatic carbocycles. The molecule has 1 N–H and O–H groups in total. The molecule has 108 valence electrons. The SMILES string of the molecule is C=NC(=O)Nc1cc(-c2c(Cl)cccc2OC)ccc1C. The summed E-state index contributed by atoms with van der Waals surface area (Å²) in [5, 5.41) is 3.26. The average molecular weight is 303 g/mol. The van der Waals surface area contributed by atoms with Crippen molar-refractivity contribution in [3.63, 3.8) is 0 Å². The fourth-order valence-corrected chi connectivity index (χ4v) is 2.30. The van der Waals surface area contributed by atoms with Crippen LogP contribution in [0.25, 0.3) is 11.1 Å². The van der Waals surface area contributed by atoms with Gasteiger partial charge >= 0.3 is 6.03 Å². The van der Waals surface area contributed by atoms with Crippen LogP contribution in [0.3, 0.4) is 0 Å². The Bertz CT molecular complexity index is 699. The predicted molar refractivity (Wildman–Crippen MR) is 86.7 cm³/mol. The maximum Gasteiger partial charge on any atom is 0.344 e. The number of benzene rings is 2. The monoisotopic (exact) mass is 302 g/mol. The molecule has 0 heterocycles. The number of anilines is 1. The van der Waals surface area contributed by atoms with Crippen LogP contribution in [0.4, 0.5) is 10.5 Å². The minimum atomic E-state index is -0.499. The number of urea groups is 1. The zero-order valence-corrected chi connectivity index (χ0v) is 12.6. The van der Waals surface area contributed by atoms with E-state index in [2.05, 4.69) is 17.0 Å². The number of ether oxygens (including phenoxy) is 1. The lowest BCUT2D eigenvalue weighted by atomic mass is 10.0. The summed E-state index contributed by atoms with van der Waals surface area (Å²) in [5.41, 5.74) is 3.21. The molecular weight excluding hydrogens is 288 g/mol. The zero-order valence-electron chi connectivity index (χ0n) is 11.8. The van der Waals surface area contributed by atoms with Crippen molar-refractivity contribution in [1.82, 2.24) is 0 Å². The van der Waals surface area contributed by atoms with Crippen LogP contribution in [-0.4, -0.2) is 19.9 Å². The number of carbonyl (C=O) groups is 1. The van der Waals surface area contributed by atoms with E-state index in [1.807, 2.05) is 37.3 Å². The van der Waals surface area contributed by atoms with E-state index in [0.29, 0.717) is 16.5 Å². The summed E-state index contributed by atoms with van der Waals surface area (Å²) in [6, 6.07) is 10.6. The lowest BCUT2D eigenvalue weighted by molar-refractivity contribution is 0.260. The second-order valence-corrected chi connectivity index (χ2v) is 4.84. The molecule has 0 bridgehead atoms. The molecule has 2 aromatic rings. The van der Waals surface area contributed by atoms with E-state index in [0.717, 1.165) is 16.7 Å². The van der Waals surface area contributed by atoms with Crippen LogP contribution in [0.1, 0.15) is 5.56 Å². The van der Waals surface area contributed by atoms with E-state index in [4.69, 9.17) is 16.3 Å². The highest BCUT2D eigenvalue weighted by Gasteiger charge is 2.12. The van der Waals surface area contributed by atoms with Gasteiger partial charge in [0.15, 0.2) is 0 Å². The predicted octanol–water partition coefficient (Wildman–Crippen LogP) is 4.56. The highest BCUT2D eigenvalue weighted by molar-refractivity contribution is 6.33. The third kappa shape index (κ3) is 3.23. The van der Waals surface area contributed by atoms with Gasteiger partial charge in [0.2, 0.25) is 0 Å². The number of carbonyl (C=O) groups excluding carboxylic acids is 1. The normalized spacial score (nSPS) is 10.0. The van der Waals surface area contributed by atoms with Crippen molar-refractivity contribution in [2.75, 3.05) is 12.4 Å². The molecule has 0 saturated carbocycles. The minimum Gasteiger partial charge on any atom is -0.496 e. The molecule has 5 heteroatoms. The van der Waals surface area contributed by atoms with E-state index in [1.54, 1.807) is 13.2 Å². The maximum absolute atomic E-state index is 11.4. The fraction of sp³-hybridized carbons (Fsp3) is 0.125. The third-order valence-electron chi connectivity index (χ3n) is 3.11. The minimum absolute atomic E-state index is 0.499. The largest absolute Gasteiger partial charge is 0.496 e. The molecule has 0 spiro atoms. The highest BCUT2D eigenvalue weighted by atomic mass is 35.5. The second kappa shape index (κ2) is 6.41. The number of aryl methyl sites for hydroxylation is 1. The molecule has 0 aliphatic rings. The number of nitrogens with one attached hydrogen (secondary N) is 1. The van der Waals surface area contributed by atoms with Crippen LogP contribution in [0, 0.1) is 6.92 Å². The molecule has 0 fully saturated rings. The van der Waals surface area contributed by atoms with Crippen molar-refractivity contribution in [3.8, 4) is 16.9 Å². The average Bonchev–Trinajstić information content (AvgIpc) is 2.49. The Morgan fingerprint density at radius 3 is 2.76 bits per heavy atom. The Morgan fingerprint density at radius 2 is 2.10 bits per heavy atom. The number of halogens is 1. The van der Waals surface area contributed by atoms with Gasteiger partial charge in [-0.2, -0.15) is 0 Å². The molecule has 0 aromatic heterocycles. The van der Waals surface area contributed by atoms with Crippen LogP contribution >= 0.6 is 11.6 Å². The van der Waals surface area contributed by atoms with Crippen molar-refractivity contribution in [3.05, 3.63) is 47.0 Å². The van der Waals surface area contributed by atoms with Crippen molar-refractivity contribution in [2.24, 2.45) is 4.99 Å². The number of hydrogen-bond donors (Lipinski definition) is 1. The van der Waals surface area contributed by atoms with E-state index in [-0.39, 0.29) is 0 Å². The van der Waals surface area contributed by atoms with Crippen LogP contribution in [0.5, 0.6) is 5.75 Å². The standard InChI is InChI=1S/C16H15ClN2O2/c1-10-7-8-11(9-13(10)19-16(20)18-2)15-12(17)5-4-6-14(15)21-3/h4-9H,2H2,1,3H3,(H,19,20). The van der Waals surface area contributed by atoms with Crippen LogP contribution in [0.2, 0.25) is 5.02 Å². The first-order chi connectivity index (χ1) is 10.1. The molecule has 0 unspecified atom stereocenters. The van der Waals surface area contributed by atoms with E-state index in [9.17, 15) is 4.79 Å². The van der Waals surface area contributed by atoms with Crippen LogP contribution in [0.15, 0.2) is 41.4 Å². The van der Waals surface area contributed by atoms with Gasteiger partial charge in [-0.05, 0) is 43.0 Å². The van der Waals surface area contributed by atoms with E-state index in [1.165, 1.54) is 0 Å². The Labute approximate surface area is 128 Å². The molecule has 2 aromatic carbocycles. The lowest BCUT2D eigenvalue weighted by Gasteiger charge is -2.13. The summed E-state index contributed by atoms with van der Waals surface area (Å²) in [6.07, 6.45) is 0. The Kier molecular flexibility index (Phi) is 4.60. The number of methoxy groups -OCH3 is 1. The molecule has 0 atom stereocenters. The lowest BCUT2D eigenvalue weighted by Crippen LogP contribution is -2.06. The van der Waals surface area contributed by atoms with E-state index >= 15 is 0 Å². The second-order valence-electron chi connectivity index (χ2n) is 4.44. The molecular formula is C16H15ClN2O2. The number of hydrogen-bond acceptors (Lipinski definition) is 2. The van der Waals surface area contributed by atoms with Gasteiger partial charge in [0, 0.05) is 11.3 Å². The van der Waals surface area contributed by atoms with Gasteiger partial charge in [-0.15, -0.1) is 0 Å². The van der Waals surface area contributed by atoms with Gasteiger partial charge < -0.3 is 10.1 Å². The molecule has 2 amide bonds. The van der Waals surface area contributed by atoms with Crippen LogP contribution in [-0.2, 0) is 0 Å². The topological polar surface area (TPSA) is 50.7 Å². The number of aliphatic imine (C=N–C) groups is 1. The quantitative estimate of drug-likeness (QED) is 0.845. The van der Waals surface area contributed by atoms with Gasteiger partial charge in [-0.3, -0.25) is 0 Å². The first kappa shape index (κ1) is 15.1. The van der Waals surface area contributed by atoms with Crippen LogP contribution < -0.4 is 10.1 Å². The summed E-state index contributed by atoms with van der Waals surface area (Å²) in [7, 11) is 1.59. The molecule has 2 rings (SSSR count). The first-order valence-electron chi connectivity index (χ1n) is 6.28. The summed E-state index contributed by atoms with van der Waals surface area (Å²) in [4.78, 5) is 14.7. The van der Waals surface area contributed by atoms with Crippen molar-refractivity contribution < 1.29 is 9.53 Å². The van der Waals surface area contributed by atoms with Crippen molar-refractivity contribution in [2.45, 2.75) is 6.92 Å². The summed E-state index contributed by atoms with van der Waals surface area (Å²) in [5.74, 6) is 0.672. The smallest absolute Gasteiger partial charge is 0.344 e. The van der Waals surface area contributed by atoms with Gasteiger partial charge in [0.05, 0.1) is 12.1 Å². The summed E-state index contributed by atoms with van der Waals surface area (Å²) < 4.78 is 5.35. The number of amides is 2. The number of rotatable bonds is 3. The van der Waals surface area contributed by atoms with Crippen molar-refractivity contribution in [1.29, 1.82) is 0 Å². The Hall–Kier alpha value is -2.33. The molecule has 0 aliphatic heterocycles. The number of nitrogens with zero attached hydrogens (tertiary/aromatic N) is 1. The highest BCUT2D eigenvalue weighted by Crippen LogP contribution is 2.37. The molecule has 21 heavy (non-hydrogen) atoms. The Morgan fingerprint density at radius 1 is 1.33 bits per heavy atom. The molecule has 0 saturated heterocycles. The fourth-order valence-electron chi connectivity index (χ4n) is 2.02. The zero-order chi connectivity index (χ0) is 15.4. The summed E-state index contributed by atoms with van der Waals surface area (Å²) >= 11 is 6.27. The Balaban J connectivity index is 2.53. The van der Waals surface area contributed by atoms with Gasteiger partial charge in [-0.25, -0.2) is 9.79 Å². The molecule has 4 nitrogen and oxygen atoms in total. The van der Waals surface area contributed by atoms with E-state index < -0.39 is 6.03 Å². The summed E-state index contributed by atoms with van der Waals surface area (Å²) in [6.45, 7) is 5.10. The molecule has 0 radical (unpaired) electrons. The van der Waals surface area contributed by atoms with Gasteiger partial charge in [-0.1, -0.05) is 29.8 Å². The van der Waals surface area contributed by atoms with Gasteiger partial charge in [0.1, 0.15) is 5.75 Å².